The van der Waals surface area contributed by atoms with Gasteiger partial charge < -0.3 is 14.8 Å². The molecule has 6 heteroatoms. The number of methoxy groups -OCH3 is 1. The molecule has 0 bridgehead atoms. The number of hydrogen-bond acceptors (Lipinski definition) is 5. The summed E-state index contributed by atoms with van der Waals surface area (Å²) in [5.74, 6) is 0.899. The van der Waals surface area contributed by atoms with E-state index in [0.717, 1.165) is 42.0 Å². The summed E-state index contributed by atoms with van der Waals surface area (Å²) in [4.78, 5) is 21.1. The molecule has 28 heavy (non-hydrogen) atoms. The summed E-state index contributed by atoms with van der Waals surface area (Å²) in [6.45, 7) is 0. The number of hydrogen-bond donors (Lipinski definition) is 1. The fourth-order valence-corrected chi connectivity index (χ4v) is 3.67. The van der Waals surface area contributed by atoms with Crippen LogP contribution < -0.4 is 14.8 Å². The van der Waals surface area contributed by atoms with Crippen LogP contribution in [0.1, 0.15) is 36.0 Å². The van der Waals surface area contributed by atoms with E-state index in [1.54, 1.807) is 19.5 Å². The van der Waals surface area contributed by atoms with E-state index < -0.39 is 0 Å². The zero-order chi connectivity index (χ0) is 19.3. The van der Waals surface area contributed by atoms with Gasteiger partial charge in [-0.05, 0) is 42.5 Å². The molecule has 0 spiro atoms. The first-order valence-electron chi connectivity index (χ1n) is 9.54. The molecule has 1 aliphatic rings. The second-order valence-electron chi connectivity index (χ2n) is 6.99. The third-order valence-corrected chi connectivity index (χ3v) is 5.13. The Morgan fingerprint density at radius 1 is 1.00 bits per heavy atom. The van der Waals surface area contributed by atoms with E-state index in [9.17, 15) is 4.79 Å². The number of carbonyl (C=O) groups is 1. The van der Waals surface area contributed by atoms with Gasteiger partial charge in [0, 0.05) is 11.6 Å². The van der Waals surface area contributed by atoms with Crippen molar-refractivity contribution in [2.24, 2.45) is 0 Å². The van der Waals surface area contributed by atoms with Crippen LogP contribution in [0.3, 0.4) is 0 Å². The van der Waals surface area contributed by atoms with Gasteiger partial charge in [-0.1, -0.05) is 36.4 Å². The molecule has 0 unspecified atom stereocenters. The summed E-state index contributed by atoms with van der Waals surface area (Å²) in [7, 11) is 1.55. The van der Waals surface area contributed by atoms with Gasteiger partial charge in [0.25, 0.3) is 5.91 Å². The van der Waals surface area contributed by atoms with Crippen LogP contribution in [0, 0.1) is 0 Å². The van der Waals surface area contributed by atoms with Gasteiger partial charge in [0.15, 0.2) is 0 Å². The normalized spacial score (nSPS) is 19.2. The Morgan fingerprint density at radius 2 is 1.75 bits per heavy atom. The minimum absolute atomic E-state index is 0.0140. The highest BCUT2D eigenvalue weighted by Crippen LogP contribution is 2.24. The van der Waals surface area contributed by atoms with Gasteiger partial charge in [0.2, 0.25) is 11.8 Å². The lowest BCUT2D eigenvalue weighted by Crippen LogP contribution is -2.39. The molecule has 1 saturated carbocycles. The molecular formula is C22H23N3O3. The van der Waals surface area contributed by atoms with E-state index >= 15 is 0 Å². The lowest BCUT2D eigenvalue weighted by Gasteiger charge is -2.29. The molecule has 1 N–H and O–H groups in total. The number of benzene rings is 2. The van der Waals surface area contributed by atoms with E-state index in [1.165, 1.54) is 0 Å². The van der Waals surface area contributed by atoms with E-state index in [0.29, 0.717) is 11.8 Å². The Morgan fingerprint density at radius 3 is 2.57 bits per heavy atom. The number of rotatable bonds is 5. The van der Waals surface area contributed by atoms with Crippen LogP contribution >= 0.6 is 0 Å². The zero-order valence-electron chi connectivity index (χ0n) is 15.8. The fraction of sp³-hybridized carbons (Fsp3) is 0.318. The third kappa shape index (κ3) is 4.06. The topological polar surface area (TPSA) is 73.3 Å². The molecule has 4 rings (SSSR count). The predicted octanol–water partition coefficient (Wildman–Crippen LogP) is 3.76. The van der Waals surface area contributed by atoms with Crippen molar-refractivity contribution in [3.05, 3.63) is 60.4 Å². The molecule has 1 aliphatic carbocycles. The van der Waals surface area contributed by atoms with Crippen molar-refractivity contribution in [1.29, 1.82) is 0 Å². The number of ether oxygens (including phenoxy) is 2. The average molecular weight is 377 g/mol. The minimum Gasteiger partial charge on any atom is -0.480 e. The van der Waals surface area contributed by atoms with Crippen LogP contribution in [0.25, 0.3) is 10.8 Å². The number of nitrogens with one attached hydrogen (secondary N) is 1. The van der Waals surface area contributed by atoms with Crippen molar-refractivity contribution in [2.45, 2.75) is 37.8 Å². The van der Waals surface area contributed by atoms with E-state index in [-0.39, 0.29) is 18.1 Å². The lowest BCUT2D eigenvalue weighted by atomic mass is 9.92. The van der Waals surface area contributed by atoms with Crippen LogP contribution in [-0.2, 0) is 0 Å². The van der Waals surface area contributed by atoms with Crippen molar-refractivity contribution in [2.75, 3.05) is 7.11 Å². The summed E-state index contributed by atoms with van der Waals surface area (Å²) in [6, 6.07) is 13.9. The molecule has 1 fully saturated rings. The Hall–Kier alpha value is -3.15. The summed E-state index contributed by atoms with van der Waals surface area (Å²) >= 11 is 0. The van der Waals surface area contributed by atoms with Crippen LogP contribution in [0.2, 0.25) is 0 Å². The maximum Gasteiger partial charge on any atom is 0.252 e. The Kier molecular flexibility index (Phi) is 5.37. The number of nitrogens with zero attached hydrogens (tertiary/aromatic N) is 2. The van der Waals surface area contributed by atoms with E-state index in [2.05, 4.69) is 15.3 Å². The Labute approximate surface area is 163 Å². The van der Waals surface area contributed by atoms with Crippen molar-refractivity contribution in [3.63, 3.8) is 0 Å². The number of aromatic nitrogens is 2. The predicted molar refractivity (Wildman–Crippen MR) is 107 cm³/mol. The van der Waals surface area contributed by atoms with Crippen LogP contribution in [0.4, 0.5) is 0 Å². The summed E-state index contributed by atoms with van der Waals surface area (Å²) in [5.41, 5.74) is 0.725. The second kappa shape index (κ2) is 8.25. The van der Waals surface area contributed by atoms with E-state index in [1.807, 2.05) is 42.5 Å². The van der Waals surface area contributed by atoms with Gasteiger partial charge in [-0.15, -0.1) is 0 Å². The SMILES string of the molecule is COc1cncc(OC2CCC(NC(=O)c3cccc4ccccc34)CC2)n1. The molecule has 1 aromatic heterocycles. The van der Waals surface area contributed by atoms with Gasteiger partial charge in [0.05, 0.1) is 19.5 Å². The standard InChI is InChI=1S/C22H23N3O3/c1-27-20-13-23-14-21(25-20)28-17-11-9-16(10-12-17)24-22(26)19-8-4-6-15-5-2-3-7-18(15)19/h2-8,13-14,16-17H,9-12H2,1H3,(H,24,26). The molecule has 1 heterocycles. The fourth-order valence-electron chi connectivity index (χ4n) is 3.67. The van der Waals surface area contributed by atoms with Crippen molar-refractivity contribution >= 4 is 16.7 Å². The van der Waals surface area contributed by atoms with Gasteiger partial charge in [-0.25, -0.2) is 0 Å². The quantitative estimate of drug-likeness (QED) is 0.733. The van der Waals surface area contributed by atoms with Crippen LogP contribution in [0.5, 0.6) is 11.8 Å². The summed E-state index contributed by atoms with van der Waals surface area (Å²) < 4.78 is 11.0. The average Bonchev–Trinajstić information content (AvgIpc) is 2.75. The molecule has 1 amide bonds. The molecule has 0 atom stereocenters. The smallest absolute Gasteiger partial charge is 0.252 e. The first kappa shape index (κ1) is 18.2. The highest BCUT2D eigenvalue weighted by Gasteiger charge is 2.25. The molecular weight excluding hydrogens is 354 g/mol. The van der Waals surface area contributed by atoms with Crippen LogP contribution in [-0.4, -0.2) is 35.1 Å². The number of fused-ring (bicyclic) bond motifs is 1. The third-order valence-electron chi connectivity index (χ3n) is 5.13. The molecule has 2 aromatic carbocycles. The van der Waals surface area contributed by atoms with Crippen molar-refractivity contribution in [3.8, 4) is 11.8 Å². The van der Waals surface area contributed by atoms with Gasteiger partial charge in [0.1, 0.15) is 6.10 Å². The minimum atomic E-state index is -0.0140. The summed E-state index contributed by atoms with van der Waals surface area (Å²) in [6.07, 6.45) is 6.69. The second-order valence-corrected chi connectivity index (χ2v) is 6.99. The van der Waals surface area contributed by atoms with Gasteiger partial charge >= 0.3 is 0 Å². The number of amides is 1. The largest absolute Gasteiger partial charge is 0.480 e. The van der Waals surface area contributed by atoms with E-state index in [4.69, 9.17) is 9.47 Å². The molecule has 0 radical (unpaired) electrons. The first-order valence-corrected chi connectivity index (χ1v) is 9.54. The van der Waals surface area contributed by atoms with Gasteiger partial charge in [-0.3, -0.25) is 9.78 Å². The molecule has 0 saturated heterocycles. The lowest BCUT2D eigenvalue weighted by molar-refractivity contribution is 0.0890. The highest BCUT2D eigenvalue weighted by molar-refractivity contribution is 6.07. The number of carbonyl (C=O) groups excluding carboxylic acids is 1. The Balaban J connectivity index is 1.34. The molecule has 144 valence electrons. The zero-order valence-corrected chi connectivity index (χ0v) is 15.8. The maximum atomic E-state index is 12.8. The van der Waals surface area contributed by atoms with Crippen molar-refractivity contribution in [1.82, 2.24) is 15.3 Å². The highest BCUT2D eigenvalue weighted by atomic mass is 16.5. The monoisotopic (exact) mass is 377 g/mol. The first-order chi connectivity index (χ1) is 13.7. The Bertz CT molecular complexity index is 963. The van der Waals surface area contributed by atoms with Crippen molar-refractivity contribution < 1.29 is 14.3 Å². The summed E-state index contributed by atoms with van der Waals surface area (Å²) in [5, 5.41) is 5.25. The maximum absolute atomic E-state index is 12.8. The van der Waals surface area contributed by atoms with Crippen LogP contribution in [0.15, 0.2) is 54.9 Å². The molecule has 0 aliphatic heterocycles. The molecule has 6 nitrogen and oxygen atoms in total. The molecule has 3 aromatic rings. The van der Waals surface area contributed by atoms with Gasteiger partial charge in [-0.2, -0.15) is 4.98 Å².